The van der Waals surface area contributed by atoms with E-state index in [4.69, 9.17) is 16.7 Å². The predicted molar refractivity (Wildman–Crippen MR) is 80.0 cm³/mol. The number of nitrogens with one attached hydrogen (secondary N) is 2. The van der Waals surface area contributed by atoms with Gasteiger partial charge in [-0.05, 0) is 46.8 Å². The van der Waals surface area contributed by atoms with Crippen LogP contribution in [0.25, 0.3) is 0 Å². The maximum Gasteiger partial charge on any atom is 0.319 e. The van der Waals surface area contributed by atoms with E-state index >= 15 is 0 Å². The maximum absolute atomic E-state index is 13.1. The van der Waals surface area contributed by atoms with Crippen LogP contribution in [0, 0.1) is 11.7 Å². The molecule has 2 amide bonds. The average Bonchev–Trinajstić information content (AvgIpc) is 3.16. The van der Waals surface area contributed by atoms with E-state index in [1.807, 2.05) is 0 Å². The number of carbonyl (C=O) groups excluding carboxylic acids is 1. The van der Waals surface area contributed by atoms with Crippen molar-refractivity contribution in [2.24, 2.45) is 5.92 Å². The van der Waals surface area contributed by atoms with Crippen molar-refractivity contribution in [3.05, 3.63) is 27.4 Å². The SMILES string of the molecule is O=C(O)CC(NC(=O)Nc1c(Cl)cc(F)cc1Br)C1CC1. The third-order valence-electron chi connectivity index (χ3n) is 3.15. The first-order chi connectivity index (χ1) is 9.86. The summed E-state index contributed by atoms with van der Waals surface area (Å²) >= 11 is 8.98. The highest BCUT2D eigenvalue weighted by atomic mass is 79.9. The molecule has 1 aliphatic carbocycles. The van der Waals surface area contributed by atoms with Crippen LogP contribution in [0.5, 0.6) is 0 Å². The van der Waals surface area contributed by atoms with Gasteiger partial charge >= 0.3 is 12.0 Å². The highest BCUT2D eigenvalue weighted by molar-refractivity contribution is 9.10. The Morgan fingerprint density at radius 1 is 1.48 bits per heavy atom. The summed E-state index contributed by atoms with van der Waals surface area (Å²) in [5, 5.41) is 14.0. The van der Waals surface area contributed by atoms with Crippen LogP contribution in [0.3, 0.4) is 0 Å². The molecule has 1 aromatic rings. The number of halogens is 3. The highest BCUT2D eigenvalue weighted by Crippen LogP contribution is 2.35. The molecule has 1 fully saturated rings. The number of aliphatic carboxylic acids is 1. The summed E-state index contributed by atoms with van der Waals surface area (Å²) in [6.45, 7) is 0. The van der Waals surface area contributed by atoms with Crippen LogP contribution < -0.4 is 10.6 Å². The fraction of sp³-hybridized carbons (Fsp3) is 0.385. The third-order valence-corrected chi connectivity index (χ3v) is 4.07. The lowest BCUT2D eigenvalue weighted by molar-refractivity contribution is -0.137. The minimum absolute atomic E-state index is 0.0539. The third kappa shape index (κ3) is 4.57. The van der Waals surface area contributed by atoms with Gasteiger partial charge in [0.2, 0.25) is 0 Å². The molecule has 0 aliphatic heterocycles. The molecule has 0 saturated heterocycles. The lowest BCUT2D eigenvalue weighted by Gasteiger charge is -2.17. The number of hydrogen-bond acceptors (Lipinski definition) is 2. The van der Waals surface area contributed by atoms with Gasteiger partial charge in [0.15, 0.2) is 0 Å². The number of carboxylic acids is 1. The topological polar surface area (TPSA) is 78.4 Å². The standard InChI is InChI=1S/C13H13BrClFN2O3/c14-8-3-7(16)4-9(15)12(8)18-13(21)17-10(5-11(19)20)6-1-2-6/h3-4,6,10H,1-2,5H2,(H,19,20)(H2,17,18,21). The first kappa shape index (κ1) is 16.0. The molecule has 0 radical (unpaired) electrons. The zero-order valence-electron chi connectivity index (χ0n) is 10.8. The number of anilines is 1. The van der Waals surface area contributed by atoms with Gasteiger partial charge in [-0.1, -0.05) is 11.6 Å². The quantitative estimate of drug-likeness (QED) is 0.731. The van der Waals surface area contributed by atoms with E-state index in [2.05, 4.69) is 26.6 Å². The van der Waals surface area contributed by atoms with Gasteiger partial charge < -0.3 is 15.7 Å². The zero-order chi connectivity index (χ0) is 15.6. The van der Waals surface area contributed by atoms with E-state index in [1.165, 1.54) is 6.07 Å². The van der Waals surface area contributed by atoms with Gasteiger partial charge in [-0.2, -0.15) is 0 Å². The van der Waals surface area contributed by atoms with Crippen molar-refractivity contribution < 1.29 is 19.1 Å². The maximum atomic E-state index is 13.1. The summed E-state index contributed by atoms with van der Waals surface area (Å²) in [5.41, 5.74) is 0.237. The summed E-state index contributed by atoms with van der Waals surface area (Å²) in [6, 6.07) is 1.28. The van der Waals surface area contributed by atoms with Gasteiger partial charge in [0.1, 0.15) is 5.82 Å². The van der Waals surface area contributed by atoms with Crippen LogP contribution >= 0.6 is 27.5 Å². The van der Waals surface area contributed by atoms with Crippen LogP contribution in [-0.2, 0) is 4.79 Å². The second-order valence-electron chi connectivity index (χ2n) is 4.88. The summed E-state index contributed by atoms with van der Waals surface area (Å²) in [4.78, 5) is 22.7. The van der Waals surface area contributed by atoms with E-state index in [9.17, 15) is 14.0 Å². The molecule has 2 rings (SSSR count). The lowest BCUT2D eigenvalue weighted by Crippen LogP contribution is -2.40. The van der Waals surface area contributed by atoms with Gasteiger partial charge in [0, 0.05) is 10.5 Å². The predicted octanol–water partition coefficient (Wildman–Crippen LogP) is 3.62. The monoisotopic (exact) mass is 378 g/mol. The molecule has 0 aromatic heterocycles. The number of amides is 2. The number of hydrogen-bond donors (Lipinski definition) is 3. The average molecular weight is 380 g/mol. The van der Waals surface area contributed by atoms with E-state index < -0.39 is 23.9 Å². The lowest BCUT2D eigenvalue weighted by atomic mass is 10.1. The fourth-order valence-electron chi connectivity index (χ4n) is 2.00. The van der Waals surface area contributed by atoms with E-state index in [0.29, 0.717) is 4.47 Å². The van der Waals surface area contributed by atoms with Crippen LogP contribution in [0.15, 0.2) is 16.6 Å². The normalized spacial score (nSPS) is 15.4. The summed E-state index contributed by atoms with van der Waals surface area (Å²) in [7, 11) is 0. The van der Waals surface area contributed by atoms with E-state index in [-0.39, 0.29) is 23.0 Å². The Balaban J connectivity index is 2.02. The number of rotatable bonds is 5. The molecule has 0 spiro atoms. The van der Waals surface area contributed by atoms with E-state index in [1.54, 1.807) is 0 Å². The largest absolute Gasteiger partial charge is 0.481 e. The molecule has 114 valence electrons. The van der Waals surface area contributed by atoms with Crippen LogP contribution in [0.1, 0.15) is 19.3 Å². The van der Waals surface area contributed by atoms with Crippen molar-refractivity contribution in [2.45, 2.75) is 25.3 Å². The molecular weight excluding hydrogens is 367 g/mol. The molecule has 3 N–H and O–H groups in total. The first-order valence-corrected chi connectivity index (χ1v) is 7.47. The number of urea groups is 1. The summed E-state index contributed by atoms with van der Waals surface area (Å²) < 4.78 is 13.4. The number of carboxylic acid groups (broad SMARTS) is 1. The molecule has 21 heavy (non-hydrogen) atoms. The molecular formula is C13H13BrClFN2O3. The Morgan fingerprint density at radius 3 is 2.67 bits per heavy atom. The van der Waals surface area contributed by atoms with Crippen LogP contribution in [0.2, 0.25) is 5.02 Å². The molecule has 1 unspecified atom stereocenters. The smallest absolute Gasteiger partial charge is 0.319 e. The van der Waals surface area contributed by atoms with Crippen LogP contribution in [0.4, 0.5) is 14.9 Å². The fourth-order valence-corrected chi connectivity index (χ4v) is 2.90. The van der Waals surface area contributed by atoms with Crippen molar-refractivity contribution in [1.29, 1.82) is 0 Å². The minimum atomic E-state index is -0.965. The molecule has 0 heterocycles. The Morgan fingerprint density at radius 2 is 2.14 bits per heavy atom. The number of carbonyl (C=O) groups is 2. The zero-order valence-corrected chi connectivity index (χ0v) is 13.2. The molecule has 0 bridgehead atoms. The second kappa shape index (κ2) is 6.62. The Bertz CT molecular complexity index is 558. The Hall–Kier alpha value is -1.34. The van der Waals surface area contributed by atoms with Crippen molar-refractivity contribution in [3.63, 3.8) is 0 Å². The van der Waals surface area contributed by atoms with Crippen molar-refractivity contribution in [2.75, 3.05) is 5.32 Å². The van der Waals surface area contributed by atoms with Gasteiger partial charge in [-0.3, -0.25) is 4.79 Å². The molecule has 8 heteroatoms. The minimum Gasteiger partial charge on any atom is -0.481 e. The number of benzene rings is 1. The Kier molecular flexibility index (Phi) is 5.05. The molecule has 1 saturated carbocycles. The van der Waals surface area contributed by atoms with Crippen molar-refractivity contribution >= 4 is 45.2 Å². The molecule has 1 aromatic carbocycles. The second-order valence-corrected chi connectivity index (χ2v) is 6.15. The van der Waals surface area contributed by atoms with E-state index in [0.717, 1.165) is 18.9 Å². The van der Waals surface area contributed by atoms with Gasteiger partial charge in [-0.15, -0.1) is 0 Å². The van der Waals surface area contributed by atoms with Crippen molar-refractivity contribution in [1.82, 2.24) is 5.32 Å². The van der Waals surface area contributed by atoms with Gasteiger partial charge in [0.05, 0.1) is 17.1 Å². The van der Waals surface area contributed by atoms with Crippen LogP contribution in [-0.4, -0.2) is 23.1 Å². The molecule has 1 aliphatic rings. The summed E-state index contributed by atoms with van der Waals surface area (Å²) in [6.07, 6.45) is 1.68. The Labute approximate surface area is 134 Å². The molecule has 5 nitrogen and oxygen atoms in total. The summed E-state index contributed by atoms with van der Waals surface area (Å²) in [5.74, 6) is -1.30. The van der Waals surface area contributed by atoms with Gasteiger partial charge in [0.25, 0.3) is 0 Å². The van der Waals surface area contributed by atoms with Gasteiger partial charge in [-0.25, -0.2) is 9.18 Å². The van der Waals surface area contributed by atoms with Crippen molar-refractivity contribution in [3.8, 4) is 0 Å². The highest BCUT2D eigenvalue weighted by Gasteiger charge is 2.33. The first-order valence-electron chi connectivity index (χ1n) is 6.30. The molecule has 1 atom stereocenters.